The highest BCUT2D eigenvalue weighted by atomic mass is 16.2. The van der Waals surface area contributed by atoms with Gasteiger partial charge in [-0.15, -0.1) is 0 Å². The molecule has 1 aliphatic carbocycles. The van der Waals surface area contributed by atoms with Gasteiger partial charge in [0, 0.05) is 49.7 Å². The van der Waals surface area contributed by atoms with E-state index in [1.54, 1.807) is 6.08 Å². The fraction of sp³-hybridized carbons (Fsp3) is 0.650. The van der Waals surface area contributed by atoms with E-state index in [2.05, 4.69) is 36.4 Å². The summed E-state index contributed by atoms with van der Waals surface area (Å²) in [6.45, 7) is 8.00. The summed E-state index contributed by atoms with van der Waals surface area (Å²) in [7, 11) is 2.11. The van der Waals surface area contributed by atoms with Crippen LogP contribution in [0.3, 0.4) is 0 Å². The summed E-state index contributed by atoms with van der Waals surface area (Å²) < 4.78 is 2.50. The minimum Gasteiger partial charge on any atom is -0.346 e. The molecule has 0 atom stereocenters. The summed E-state index contributed by atoms with van der Waals surface area (Å²) in [4.78, 5) is 16.6. The third-order valence-corrected chi connectivity index (χ3v) is 5.68. The van der Waals surface area contributed by atoms with Crippen molar-refractivity contribution in [3.05, 3.63) is 29.1 Å². The number of likely N-dealkylation sites (N-methyl/N-ethyl adjacent to an activating group) is 1. The summed E-state index contributed by atoms with van der Waals surface area (Å²) in [6, 6.07) is 2.88. The van der Waals surface area contributed by atoms with E-state index in [9.17, 15) is 4.79 Å². The van der Waals surface area contributed by atoms with Gasteiger partial charge in [-0.2, -0.15) is 0 Å². The van der Waals surface area contributed by atoms with Crippen molar-refractivity contribution in [2.45, 2.75) is 52.0 Å². The molecule has 1 aromatic heterocycles. The van der Waals surface area contributed by atoms with E-state index in [0.29, 0.717) is 6.04 Å². The maximum Gasteiger partial charge on any atom is 0.246 e. The highest BCUT2D eigenvalue weighted by Crippen LogP contribution is 2.32. The average Bonchev–Trinajstić information content (AvgIpc) is 2.88. The molecule has 0 aromatic carbocycles. The van der Waals surface area contributed by atoms with Crippen LogP contribution in [0, 0.1) is 13.8 Å². The molecule has 0 unspecified atom stereocenters. The zero-order valence-corrected chi connectivity index (χ0v) is 15.4. The Labute approximate surface area is 146 Å². The van der Waals surface area contributed by atoms with Crippen molar-refractivity contribution in [2.75, 3.05) is 33.2 Å². The molecular weight excluding hydrogens is 298 g/mol. The van der Waals surface area contributed by atoms with E-state index in [1.165, 1.54) is 49.1 Å². The molecule has 4 nitrogen and oxygen atoms in total. The van der Waals surface area contributed by atoms with E-state index in [0.717, 1.165) is 26.2 Å². The van der Waals surface area contributed by atoms with Crippen molar-refractivity contribution in [1.29, 1.82) is 0 Å². The molecule has 1 saturated heterocycles. The van der Waals surface area contributed by atoms with Crippen LogP contribution in [0.2, 0.25) is 0 Å². The SMILES string of the molecule is Cc1cc(/C=C/C(=O)N2CCN(C)CC2)c(C)n1C1CCCCC1. The monoisotopic (exact) mass is 329 g/mol. The molecule has 0 bridgehead atoms. The number of amides is 1. The molecule has 1 aliphatic heterocycles. The van der Waals surface area contributed by atoms with Crippen LogP contribution in [0.15, 0.2) is 12.1 Å². The second-order valence-corrected chi connectivity index (χ2v) is 7.45. The van der Waals surface area contributed by atoms with Gasteiger partial charge in [-0.25, -0.2) is 0 Å². The van der Waals surface area contributed by atoms with Crippen LogP contribution in [0.4, 0.5) is 0 Å². The first-order valence-electron chi connectivity index (χ1n) is 9.40. The first-order chi connectivity index (χ1) is 11.6. The molecule has 3 rings (SSSR count). The van der Waals surface area contributed by atoms with Crippen molar-refractivity contribution in [1.82, 2.24) is 14.4 Å². The zero-order chi connectivity index (χ0) is 17.1. The van der Waals surface area contributed by atoms with Gasteiger partial charge in [-0.05, 0) is 51.4 Å². The molecule has 0 N–H and O–H groups in total. The Morgan fingerprint density at radius 3 is 2.42 bits per heavy atom. The quantitative estimate of drug-likeness (QED) is 0.795. The fourth-order valence-corrected chi connectivity index (χ4v) is 4.17. The second kappa shape index (κ2) is 7.56. The number of aromatic nitrogens is 1. The number of piperazine rings is 1. The molecule has 24 heavy (non-hydrogen) atoms. The molecule has 2 heterocycles. The lowest BCUT2D eigenvalue weighted by atomic mass is 9.95. The second-order valence-electron chi connectivity index (χ2n) is 7.45. The summed E-state index contributed by atoms with van der Waals surface area (Å²) >= 11 is 0. The van der Waals surface area contributed by atoms with E-state index in [4.69, 9.17) is 0 Å². The Hall–Kier alpha value is -1.55. The Morgan fingerprint density at radius 2 is 1.75 bits per heavy atom. The fourth-order valence-electron chi connectivity index (χ4n) is 4.17. The number of nitrogens with zero attached hydrogens (tertiary/aromatic N) is 3. The van der Waals surface area contributed by atoms with Crippen LogP contribution in [0.5, 0.6) is 0 Å². The van der Waals surface area contributed by atoms with Gasteiger partial charge in [0.05, 0.1) is 0 Å². The standard InChI is InChI=1S/C20H31N3O/c1-16-15-18(17(2)23(16)19-7-5-4-6-8-19)9-10-20(24)22-13-11-21(3)12-14-22/h9-10,15,19H,4-8,11-14H2,1-3H3/b10-9+. The van der Waals surface area contributed by atoms with Crippen LogP contribution in [-0.4, -0.2) is 53.5 Å². The van der Waals surface area contributed by atoms with E-state index < -0.39 is 0 Å². The molecule has 2 fully saturated rings. The summed E-state index contributed by atoms with van der Waals surface area (Å²) in [6.07, 6.45) is 10.4. The Bertz CT molecular complexity index is 603. The van der Waals surface area contributed by atoms with Gasteiger partial charge in [0.2, 0.25) is 5.91 Å². The molecule has 2 aliphatic rings. The Kier molecular flexibility index (Phi) is 5.44. The predicted octanol–water partition coefficient (Wildman–Crippen LogP) is 3.40. The first-order valence-corrected chi connectivity index (χ1v) is 9.40. The van der Waals surface area contributed by atoms with Crippen molar-refractivity contribution in [3.8, 4) is 0 Å². The van der Waals surface area contributed by atoms with E-state index in [-0.39, 0.29) is 5.91 Å². The van der Waals surface area contributed by atoms with Gasteiger partial charge < -0.3 is 14.4 Å². The molecule has 0 radical (unpaired) electrons. The van der Waals surface area contributed by atoms with Crippen molar-refractivity contribution in [2.24, 2.45) is 0 Å². The first kappa shape index (κ1) is 17.3. The summed E-state index contributed by atoms with van der Waals surface area (Å²) in [5, 5.41) is 0. The molecule has 1 aromatic rings. The van der Waals surface area contributed by atoms with Crippen molar-refractivity contribution < 1.29 is 4.79 Å². The van der Waals surface area contributed by atoms with Gasteiger partial charge in [0.15, 0.2) is 0 Å². The molecule has 132 valence electrons. The van der Waals surface area contributed by atoms with Gasteiger partial charge in [0.25, 0.3) is 0 Å². The van der Waals surface area contributed by atoms with Crippen molar-refractivity contribution >= 4 is 12.0 Å². The average molecular weight is 329 g/mol. The number of aryl methyl sites for hydroxylation is 1. The van der Waals surface area contributed by atoms with E-state index in [1.807, 2.05) is 11.0 Å². The van der Waals surface area contributed by atoms with Gasteiger partial charge >= 0.3 is 0 Å². The number of carbonyl (C=O) groups excluding carboxylic acids is 1. The number of rotatable bonds is 3. The smallest absolute Gasteiger partial charge is 0.246 e. The third-order valence-electron chi connectivity index (χ3n) is 5.68. The number of carbonyl (C=O) groups is 1. The lowest BCUT2D eigenvalue weighted by Gasteiger charge is -2.31. The van der Waals surface area contributed by atoms with E-state index >= 15 is 0 Å². The van der Waals surface area contributed by atoms with Crippen LogP contribution < -0.4 is 0 Å². The van der Waals surface area contributed by atoms with Crippen LogP contribution >= 0.6 is 0 Å². The summed E-state index contributed by atoms with van der Waals surface area (Å²) in [5.74, 6) is 0.144. The lowest BCUT2D eigenvalue weighted by Crippen LogP contribution is -2.46. The molecule has 1 amide bonds. The van der Waals surface area contributed by atoms with Gasteiger partial charge in [-0.1, -0.05) is 19.3 Å². The highest BCUT2D eigenvalue weighted by Gasteiger charge is 2.20. The maximum atomic E-state index is 12.4. The van der Waals surface area contributed by atoms with Crippen molar-refractivity contribution in [3.63, 3.8) is 0 Å². The van der Waals surface area contributed by atoms with Crippen LogP contribution in [0.1, 0.15) is 55.1 Å². The maximum absolute atomic E-state index is 12.4. The molecule has 4 heteroatoms. The third kappa shape index (κ3) is 3.75. The Morgan fingerprint density at radius 1 is 1.08 bits per heavy atom. The lowest BCUT2D eigenvalue weighted by molar-refractivity contribution is -0.127. The molecule has 1 saturated carbocycles. The minimum atomic E-state index is 0.144. The van der Waals surface area contributed by atoms with Crippen LogP contribution in [0.25, 0.3) is 6.08 Å². The molecule has 0 spiro atoms. The zero-order valence-electron chi connectivity index (χ0n) is 15.4. The highest BCUT2D eigenvalue weighted by molar-refractivity contribution is 5.92. The summed E-state index contributed by atoms with van der Waals surface area (Å²) in [5.41, 5.74) is 3.83. The van der Waals surface area contributed by atoms with Gasteiger partial charge in [0.1, 0.15) is 0 Å². The topological polar surface area (TPSA) is 28.5 Å². The largest absolute Gasteiger partial charge is 0.346 e. The number of hydrogen-bond donors (Lipinski definition) is 0. The predicted molar refractivity (Wildman–Crippen MR) is 99.1 cm³/mol. The Balaban J connectivity index is 1.69. The minimum absolute atomic E-state index is 0.144. The normalized spacial score (nSPS) is 20.9. The number of hydrogen-bond acceptors (Lipinski definition) is 2. The van der Waals surface area contributed by atoms with Crippen LogP contribution in [-0.2, 0) is 4.79 Å². The van der Waals surface area contributed by atoms with Gasteiger partial charge in [-0.3, -0.25) is 4.79 Å². The molecular formula is C20H31N3O.